The first-order valence-corrected chi connectivity index (χ1v) is 9.07. The summed E-state index contributed by atoms with van der Waals surface area (Å²) < 4.78 is 5.19. The quantitative estimate of drug-likeness (QED) is 0.542. The Hall–Kier alpha value is -3.15. The number of amides is 2. The first-order valence-electron chi connectivity index (χ1n) is 9.07. The Morgan fingerprint density at radius 1 is 1.00 bits per heavy atom. The Balaban J connectivity index is 1.91. The van der Waals surface area contributed by atoms with Gasteiger partial charge in [-0.25, -0.2) is 0 Å². The molecule has 28 heavy (non-hydrogen) atoms. The molecule has 0 unspecified atom stereocenters. The van der Waals surface area contributed by atoms with Gasteiger partial charge < -0.3 is 15.4 Å². The van der Waals surface area contributed by atoms with Crippen LogP contribution in [0.25, 0.3) is 0 Å². The van der Waals surface area contributed by atoms with Gasteiger partial charge in [-0.05, 0) is 69.2 Å². The molecule has 0 bridgehead atoms. The molecule has 148 valence electrons. The van der Waals surface area contributed by atoms with Crippen molar-refractivity contribution in [3.05, 3.63) is 59.7 Å². The number of hydrogen-bond donors (Lipinski definition) is 2. The van der Waals surface area contributed by atoms with Crippen molar-refractivity contribution >= 4 is 23.3 Å². The fourth-order valence-electron chi connectivity index (χ4n) is 2.55. The van der Waals surface area contributed by atoms with E-state index >= 15 is 0 Å². The van der Waals surface area contributed by atoms with E-state index in [2.05, 4.69) is 10.6 Å². The molecule has 2 aromatic carbocycles. The summed E-state index contributed by atoms with van der Waals surface area (Å²) in [7, 11) is 1.61. The Bertz CT molecular complexity index is 857. The number of hydrogen-bond acceptors (Lipinski definition) is 4. The first kappa shape index (κ1) is 21.2. The van der Waals surface area contributed by atoms with E-state index in [-0.39, 0.29) is 11.7 Å². The standard InChI is InChI=1S/C22H26N2O4/c1-15(25)17-8-10-18(11-9-17)24-21(27)22(2,3)20(26)23-13-12-16-6-5-7-19(14-16)28-4/h5-11,14H,12-13H2,1-4H3,(H,23,26)(H,24,27). The SMILES string of the molecule is COc1cccc(CCNC(=O)C(C)(C)C(=O)Nc2ccc(C(C)=O)cc2)c1. The van der Waals surface area contributed by atoms with Gasteiger partial charge in [-0.3, -0.25) is 14.4 Å². The van der Waals surface area contributed by atoms with Crippen LogP contribution in [-0.4, -0.2) is 31.3 Å². The molecule has 6 nitrogen and oxygen atoms in total. The number of Topliss-reactive ketones (excluding diaryl/α,β-unsaturated/α-hetero) is 1. The van der Waals surface area contributed by atoms with Crippen LogP contribution in [0.1, 0.15) is 36.7 Å². The Morgan fingerprint density at radius 2 is 1.68 bits per heavy atom. The van der Waals surface area contributed by atoms with Crippen molar-refractivity contribution in [2.24, 2.45) is 5.41 Å². The Labute approximate surface area is 165 Å². The van der Waals surface area contributed by atoms with Crippen LogP contribution >= 0.6 is 0 Å². The van der Waals surface area contributed by atoms with Crippen molar-refractivity contribution in [3.63, 3.8) is 0 Å². The Kier molecular flexibility index (Phi) is 6.93. The van der Waals surface area contributed by atoms with E-state index < -0.39 is 11.3 Å². The van der Waals surface area contributed by atoms with Crippen LogP contribution in [0.15, 0.2) is 48.5 Å². The van der Waals surface area contributed by atoms with E-state index in [9.17, 15) is 14.4 Å². The lowest BCUT2D eigenvalue weighted by Crippen LogP contribution is -2.45. The predicted octanol–water partition coefficient (Wildman–Crippen LogP) is 3.22. The maximum Gasteiger partial charge on any atom is 0.239 e. The summed E-state index contributed by atoms with van der Waals surface area (Å²) >= 11 is 0. The van der Waals surface area contributed by atoms with Gasteiger partial charge in [0, 0.05) is 17.8 Å². The summed E-state index contributed by atoms with van der Waals surface area (Å²) in [5.74, 6) is -0.0526. The van der Waals surface area contributed by atoms with Crippen LogP contribution in [0.4, 0.5) is 5.69 Å². The van der Waals surface area contributed by atoms with E-state index in [1.807, 2.05) is 24.3 Å². The van der Waals surface area contributed by atoms with E-state index in [0.29, 0.717) is 24.2 Å². The number of carbonyl (C=O) groups is 3. The molecule has 0 spiro atoms. The summed E-state index contributed by atoms with van der Waals surface area (Å²) in [5.41, 5.74) is 0.889. The fourth-order valence-corrected chi connectivity index (χ4v) is 2.55. The summed E-state index contributed by atoms with van der Waals surface area (Å²) in [6.45, 7) is 5.04. The average molecular weight is 382 g/mol. The maximum atomic E-state index is 12.6. The number of rotatable bonds is 8. The lowest BCUT2D eigenvalue weighted by atomic mass is 9.90. The summed E-state index contributed by atoms with van der Waals surface area (Å²) in [4.78, 5) is 36.4. The zero-order valence-corrected chi connectivity index (χ0v) is 16.7. The van der Waals surface area contributed by atoms with E-state index in [4.69, 9.17) is 4.74 Å². The van der Waals surface area contributed by atoms with Crippen LogP contribution in [0.3, 0.4) is 0 Å². The van der Waals surface area contributed by atoms with Crippen molar-refractivity contribution < 1.29 is 19.1 Å². The van der Waals surface area contributed by atoms with Gasteiger partial charge >= 0.3 is 0 Å². The van der Waals surface area contributed by atoms with Crippen molar-refractivity contribution in [2.75, 3.05) is 19.0 Å². The van der Waals surface area contributed by atoms with Gasteiger partial charge in [0.05, 0.1) is 7.11 Å². The second kappa shape index (κ2) is 9.17. The molecule has 0 aliphatic rings. The highest BCUT2D eigenvalue weighted by Gasteiger charge is 2.35. The molecule has 0 aliphatic heterocycles. The number of benzene rings is 2. The lowest BCUT2D eigenvalue weighted by Gasteiger charge is -2.23. The third-order valence-electron chi connectivity index (χ3n) is 4.52. The zero-order chi connectivity index (χ0) is 20.7. The number of carbonyl (C=O) groups excluding carboxylic acids is 3. The molecule has 0 atom stereocenters. The highest BCUT2D eigenvalue weighted by Crippen LogP contribution is 2.20. The molecule has 0 heterocycles. The van der Waals surface area contributed by atoms with Gasteiger partial charge in [0.1, 0.15) is 11.2 Å². The van der Waals surface area contributed by atoms with Crippen LogP contribution in [0, 0.1) is 5.41 Å². The molecule has 0 saturated carbocycles. The molecule has 2 rings (SSSR count). The van der Waals surface area contributed by atoms with E-state index in [1.165, 1.54) is 6.92 Å². The summed E-state index contributed by atoms with van der Waals surface area (Å²) in [6, 6.07) is 14.2. The maximum absolute atomic E-state index is 12.6. The molecule has 2 aromatic rings. The molecule has 0 aromatic heterocycles. The van der Waals surface area contributed by atoms with Gasteiger partial charge in [0.2, 0.25) is 11.8 Å². The van der Waals surface area contributed by atoms with Crippen LogP contribution < -0.4 is 15.4 Å². The minimum Gasteiger partial charge on any atom is -0.497 e. The predicted molar refractivity (Wildman–Crippen MR) is 109 cm³/mol. The normalized spacial score (nSPS) is 10.9. The molecule has 0 aliphatic carbocycles. The molecule has 0 saturated heterocycles. The summed E-state index contributed by atoms with van der Waals surface area (Å²) in [5, 5.41) is 5.54. The minimum atomic E-state index is -1.24. The molecular weight excluding hydrogens is 356 g/mol. The molecule has 2 amide bonds. The molecule has 0 radical (unpaired) electrons. The average Bonchev–Trinajstić information content (AvgIpc) is 2.68. The first-order chi connectivity index (χ1) is 13.2. The zero-order valence-electron chi connectivity index (χ0n) is 16.7. The minimum absolute atomic E-state index is 0.0476. The van der Waals surface area contributed by atoms with E-state index in [0.717, 1.165) is 11.3 Å². The number of ether oxygens (including phenoxy) is 1. The third-order valence-corrected chi connectivity index (χ3v) is 4.52. The molecule has 0 fully saturated rings. The largest absolute Gasteiger partial charge is 0.497 e. The molecular formula is C22H26N2O4. The second-order valence-corrected chi connectivity index (χ2v) is 7.07. The van der Waals surface area contributed by atoms with Gasteiger partial charge in [-0.2, -0.15) is 0 Å². The van der Waals surface area contributed by atoms with Crippen molar-refractivity contribution in [2.45, 2.75) is 27.2 Å². The van der Waals surface area contributed by atoms with Gasteiger partial charge in [-0.1, -0.05) is 12.1 Å². The van der Waals surface area contributed by atoms with Crippen LogP contribution in [0.2, 0.25) is 0 Å². The summed E-state index contributed by atoms with van der Waals surface area (Å²) in [6.07, 6.45) is 0.632. The van der Waals surface area contributed by atoms with Gasteiger partial charge in [-0.15, -0.1) is 0 Å². The monoisotopic (exact) mass is 382 g/mol. The topological polar surface area (TPSA) is 84.5 Å². The van der Waals surface area contributed by atoms with Gasteiger partial charge in [0.15, 0.2) is 5.78 Å². The molecule has 2 N–H and O–H groups in total. The van der Waals surface area contributed by atoms with Crippen molar-refractivity contribution in [1.82, 2.24) is 5.32 Å². The fraction of sp³-hybridized carbons (Fsp3) is 0.318. The lowest BCUT2D eigenvalue weighted by molar-refractivity contribution is -0.138. The molecule has 6 heteroatoms. The number of anilines is 1. The Morgan fingerprint density at radius 3 is 2.29 bits per heavy atom. The van der Waals surface area contributed by atoms with Crippen molar-refractivity contribution in [3.8, 4) is 5.75 Å². The number of nitrogens with one attached hydrogen (secondary N) is 2. The second-order valence-electron chi connectivity index (χ2n) is 7.07. The van der Waals surface area contributed by atoms with Crippen LogP contribution in [0.5, 0.6) is 5.75 Å². The number of methoxy groups -OCH3 is 1. The highest BCUT2D eigenvalue weighted by atomic mass is 16.5. The van der Waals surface area contributed by atoms with Crippen LogP contribution in [-0.2, 0) is 16.0 Å². The smallest absolute Gasteiger partial charge is 0.239 e. The van der Waals surface area contributed by atoms with Gasteiger partial charge in [0.25, 0.3) is 0 Å². The van der Waals surface area contributed by atoms with E-state index in [1.54, 1.807) is 45.2 Å². The van der Waals surface area contributed by atoms with Crippen molar-refractivity contribution in [1.29, 1.82) is 0 Å². The highest BCUT2D eigenvalue weighted by molar-refractivity contribution is 6.10. The number of ketones is 1. The third kappa shape index (κ3) is 5.42.